The molecular formula is C40H24IN2O-. The van der Waals surface area contributed by atoms with Gasteiger partial charge in [-0.15, -0.1) is 0 Å². The molecule has 2 heterocycles. The Morgan fingerprint density at radius 2 is 0.955 bits per heavy atom. The predicted octanol–water partition coefficient (Wildman–Crippen LogP) is 7.17. The molecule has 8 aromatic rings. The Morgan fingerprint density at radius 1 is 0.386 bits per heavy atom. The average Bonchev–Trinajstić information content (AvgIpc) is 3.10. The summed E-state index contributed by atoms with van der Waals surface area (Å²) in [5.74, 6) is 2.65. The standard InChI is InChI=1S/C40H24IN2O/c1-2-10-25(11-3-1)36-24-37(26-19-21-39-35(23-26)41-34-16-8-9-17-38(34)44-39)43-40(42-36)27-18-20-32-30-14-5-4-12-28(30)29-13-6-7-15-31(29)33(32)22-27/h1-24H/q-1. The second kappa shape index (κ2) is 10.3. The molecule has 0 amide bonds. The van der Waals surface area contributed by atoms with Gasteiger partial charge in [0.1, 0.15) is 0 Å². The first kappa shape index (κ1) is 25.4. The maximum absolute atomic E-state index is 6.26. The minimum absolute atomic E-state index is 0.359. The summed E-state index contributed by atoms with van der Waals surface area (Å²) in [6, 6.07) is 51.3. The molecule has 208 valence electrons. The van der Waals surface area contributed by atoms with Crippen LogP contribution in [0.1, 0.15) is 0 Å². The summed E-state index contributed by atoms with van der Waals surface area (Å²) in [5.41, 5.74) is 4.95. The van der Waals surface area contributed by atoms with E-state index in [0.29, 0.717) is 0 Å². The van der Waals surface area contributed by atoms with Crippen molar-refractivity contribution >= 4 is 32.3 Å². The Hall–Kier alpha value is -5.07. The third kappa shape index (κ3) is 4.25. The Labute approximate surface area is 265 Å². The van der Waals surface area contributed by atoms with Crippen molar-refractivity contribution in [3.63, 3.8) is 0 Å². The van der Waals surface area contributed by atoms with Crippen LogP contribution in [0.3, 0.4) is 0 Å². The van der Waals surface area contributed by atoms with Gasteiger partial charge in [-0.05, 0) is 0 Å². The van der Waals surface area contributed by atoms with E-state index in [0.717, 1.165) is 45.4 Å². The SMILES string of the molecule is c1ccc(-c2cc(-c3ccc4c(c3)[I-]c3ccccc3O4)nc(-c3ccc4c5ccccc5c5ccccc5c4c3)n2)cc1. The zero-order valence-corrected chi connectivity index (χ0v) is 25.7. The summed E-state index contributed by atoms with van der Waals surface area (Å²) in [6.07, 6.45) is 0. The van der Waals surface area contributed by atoms with Crippen molar-refractivity contribution in [1.29, 1.82) is 0 Å². The van der Waals surface area contributed by atoms with Crippen LogP contribution in [0.15, 0.2) is 146 Å². The molecule has 0 fully saturated rings. The van der Waals surface area contributed by atoms with Crippen molar-refractivity contribution in [2.75, 3.05) is 0 Å². The summed E-state index contributed by atoms with van der Waals surface area (Å²) < 4.78 is 8.83. The molecule has 0 saturated carbocycles. The van der Waals surface area contributed by atoms with Crippen molar-refractivity contribution in [2.45, 2.75) is 0 Å². The second-order valence-corrected chi connectivity index (χ2v) is 13.8. The van der Waals surface area contributed by atoms with Gasteiger partial charge < -0.3 is 0 Å². The van der Waals surface area contributed by atoms with E-state index in [1.165, 1.54) is 39.5 Å². The van der Waals surface area contributed by atoms with E-state index in [1.54, 1.807) is 0 Å². The van der Waals surface area contributed by atoms with Crippen LogP contribution in [0.25, 0.3) is 66.2 Å². The van der Waals surface area contributed by atoms with Gasteiger partial charge in [-0.1, -0.05) is 24.3 Å². The number of rotatable bonds is 3. The molecule has 0 bridgehead atoms. The van der Waals surface area contributed by atoms with Crippen LogP contribution in [0.2, 0.25) is 0 Å². The van der Waals surface area contributed by atoms with E-state index in [9.17, 15) is 0 Å². The van der Waals surface area contributed by atoms with Gasteiger partial charge in [-0.25, -0.2) is 0 Å². The van der Waals surface area contributed by atoms with Crippen molar-refractivity contribution in [1.82, 2.24) is 9.97 Å². The minimum atomic E-state index is -0.359. The molecule has 0 atom stereocenters. The third-order valence-corrected chi connectivity index (χ3v) is 11.2. The number of para-hydroxylation sites is 1. The molecule has 0 aliphatic carbocycles. The molecule has 1 aliphatic heterocycles. The molecule has 3 nitrogen and oxygen atoms in total. The quantitative estimate of drug-likeness (QED) is 0.147. The molecule has 1 aromatic heterocycles. The topological polar surface area (TPSA) is 35.0 Å². The third-order valence-electron chi connectivity index (χ3n) is 8.29. The molecule has 9 rings (SSSR count). The molecule has 0 unspecified atom stereocenters. The van der Waals surface area contributed by atoms with Crippen molar-refractivity contribution < 1.29 is 25.9 Å². The summed E-state index contributed by atoms with van der Waals surface area (Å²) in [7, 11) is 0. The average molecular weight is 676 g/mol. The number of aromatic nitrogens is 2. The van der Waals surface area contributed by atoms with E-state index in [2.05, 4.69) is 133 Å². The first-order valence-corrected chi connectivity index (χ1v) is 16.8. The Morgan fingerprint density at radius 3 is 1.70 bits per heavy atom. The van der Waals surface area contributed by atoms with Gasteiger partial charge in [0.05, 0.1) is 0 Å². The second-order valence-electron chi connectivity index (χ2n) is 11.0. The molecule has 1 aliphatic rings. The van der Waals surface area contributed by atoms with Crippen LogP contribution < -0.4 is 25.9 Å². The van der Waals surface area contributed by atoms with Gasteiger partial charge in [0, 0.05) is 0 Å². The number of hydrogen-bond acceptors (Lipinski definition) is 3. The fourth-order valence-electron chi connectivity index (χ4n) is 6.18. The monoisotopic (exact) mass is 675 g/mol. The van der Waals surface area contributed by atoms with Gasteiger partial charge in [0.25, 0.3) is 0 Å². The summed E-state index contributed by atoms with van der Waals surface area (Å²) in [5, 5.41) is 7.47. The molecule has 0 radical (unpaired) electrons. The Kier molecular flexibility index (Phi) is 5.94. The molecule has 7 aromatic carbocycles. The van der Waals surface area contributed by atoms with E-state index in [-0.39, 0.29) is 21.2 Å². The Bertz CT molecular complexity index is 2370. The van der Waals surface area contributed by atoms with Gasteiger partial charge in [0.15, 0.2) is 0 Å². The van der Waals surface area contributed by atoms with Crippen molar-refractivity contribution in [3.05, 3.63) is 153 Å². The first-order chi connectivity index (χ1) is 21.8. The molecular weight excluding hydrogens is 651 g/mol. The predicted molar refractivity (Wildman–Crippen MR) is 175 cm³/mol. The zero-order valence-electron chi connectivity index (χ0n) is 23.5. The molecule has 44 heavy (non-hydrogen) atoms. The van der Waals surface area contributed by atoms with Crippen LogP contribution in [0, 0.1) is 7.14 Å². The fourth-order valence-corrected chi connectivity index (χ4v) is 8.79. The Balaban J connectivity index is 1.23. The summed E-state index contributed by atoms with van der Waals surface area (Å²) >= 11 is -0.359. The maximum atomic E-state index is 6.26. The summed E-state index contributed by atoms with van der Waals surface area (Å²) in [6.45, 7) is 0. The van der Waals surface area contributed by atoms with Crippen LogP contribution in [-0.4, -0.2) is 9.97 Å². The normalized spacial score (nSPS) is 12.4. The molecule has 4 heteroatoms. The van der Waals surface area contributed by atoms with Gasteiger partial charge >= 0.3 is 242 Å². The number of nitrogens with zero attached hydrogens (tertiary/aromatic N) is 2. The van der Waals surface area contributed by atoms with E-state index in [1.807, 2.05) is 12.1 Å². The van der Waals surface area contributed by atoms with Crippen LogP contribution in [0.4, 0.5) is 0 Å². The number of ether oxygens (including phenoxy) is 1. The van der Waals surface area contributed by atoms with Crippen LogP contribution >= 0.6 is 0 Å². The first-order valence-electron chi connectivity index (χ1n) is 14.6. The fraction of sp³-hybridized carbons (Fsp3) is 0. The van der Waals surface area contributed by atoms with Gasteiger partial charge in [0.2, 0.25) is 0 Å². The number of hydrogen-bond donors (Lipinski definition) is 0. The number of halogens is 1. The van der Waals surface area contributed by atoms with E-state index < -0.39 is 0 Å². The summed E-state index contributed by atoms with van der Waals surface area (Å²) in [4.78, 5) is 10.3. The van der Waals surface area contributed by atoms with Crippen molar-refractivity contribution in [2.24, 2.45) is 0 Å². The van der Waals surface area contributed by atoms with Gasteiger partial charge in [-0.2, -0.15) is 0 Å². The zero-order chi connectivity index (χ0) is 29.0. The van der Waals surface area contributed by atoms with Crippen LogP contribution in [0.5, 0.6) is 11.5 Å². The molecule has 0 saturated heterocycles. The van der Waals surface area contributed by atoms with E-state index in [4.69, 9.17) is 14.7 Å². The molecule has 0 N–H and O–H groups in total. The van der Waals surface area contributed by atoms with Gasteiger partial charge in [-0.3, -0.25) is 0 Å². The van der Waals surface area contributed by atoms with Crippen molar-refractivity contribution in [3.8, 4) is 45.4 Å². The van der Waals surface area contributed by atoms with E-state index >= 15 is 0 Å². The number of fused-ring (bicyclic) bond motifs is 8. The number of benzene rings is 7. The van der Waals surface area contributed by atoms with Crippen LogP contribution in [-0.2, 0) is 0 Å². The molecule has 0 spiro atoms.